The molecule has 0 fully saturated rings. The van der Waals surface area contributed by atoms with E-state index in [2.05, 4.69) is 47.6 Å². The second kappa shape index (κ2) is 4.38. The number of aryl methyl sites for hydroxylation is 2. The van der Waals surface area contributed by atoms with Crippen LogP contribution in [0.1, 0.15) is 11.1 Å². The molecule has 0 aliphatic carbocycles. The summed E-state index contributed by atoms with van der Waals surface area (Å²) in [5.41, 5.74) is 4.66. The predicted molar refractivity (Wildman–Crippen MR) is 72.5 cm³/mol. The van der Waals surface area contributed by atoms with Crippen LogP contribution >= 0.6 is 11.3 Å². The van der Waals surface area contributed by atoms with E-state index in [0.717, 1.165) is 16.5 Å². The third-order valence-electron chi connectivity index (χ3n) is 2.81. The van der Waals surface area contributed by atoms with Crippen molar-refractivity contribution >= 4 is 11.3 Å². The number of hydrogen-bond acceptors (Lipinski definition) is 4. The van der Waals surface area contributed by atoms with E-state index in [1.807, 2.05) is 6.07 Å². The molecule has 0 spiro atoms. The molecule has 90 valence electrons. The van der Waals surface area contributed by atoms with E-state index in [9.17, 15) is 0 Å². The van der Waals surface area contributed by atoms with Crippen molar-refractivity contribution in [1.82, 2.24) is 10.1 Å². The van der Waals surface area contributed by atoms with Crippen molar-refractivity contribution in [1.29, 1.82) is 0 Å². The Morgan fingerprint density at radius 2 is 2.06 bits per heavy atom. The summed E-state index contributed by atoms with van der Waals surface area (Å²) < 4.78 is 5.12. The van der Waals surface area contributed by atoms with Crippen molar-refractivity contribution in [2.75, 3.05) is 0 Å². The average molecular weight is 256 g/mol. The quantitative estimate of drug-likeness (QED) is 0.693. The Hall–Kier alpha value is -1.94. The van der Waals surface area contributed by atoms with E-state index in [1.165, 1.54) is 16.7 Å². The third-order valence-corrected chi connectivity index (χ3v) is 3.67. The fourth-order valence-electron chi connectivity index (χ4n) is 1.94. The van der Waals surface area contributed by atoms with Crippen LogP contribution in [-0.4, -0.2) is 10.1 Å². The minimum absolute atomic E-state index is 0.719. The SMILES string of the molecule is Cc1ccc(-c2csc(-c3ccno3)n2)c(C)c1. The van der Waals surface area contributed by atoms with Gasteiger partial charge in [0.1, 0.15) is 0 Å². The molecule has 0 saturated heterocycles. The summed E-state index contributed by atoms with van der Waals surface area (Å²) in [4.78, 5) is 4.60. The lowest BCUT2D eigenvalue weighted by atomic mass is 10.0. The molecule has 0 aliphatic rings. The minimum Gasteiger partial charge on any atom is -0.354 e. The van der Waals surface area contributed by atoms with Crippen LogP contribution < -0.4 is 0 Å². The molecule has 0 aliphatic heterocycles. The maximum Gasteiger partial charge on any atom is 0.195 e. The van der Waals surface area contributed by atoms with Gasteiger partial charge in [0.2, 0.25) is 0 Å². The molecule has 4 heteroatoms. The van der Waals surface area contributed by atoms with Crippen molar-refractivity contribution in [3.05, 3.63) is 47.0 Å². The van der Waals surface area contributed by atoms with Crippen molar-refractivity contribution in [3.63, 3.8) is 0 Å². The Morgan fingerprint density at radius 1 is 1.17 bits per heavy atom. The van der Waals surface area contributed by atoms with E-state index in [4.69, 9.17) is 4.52 Å². The van der Waals surface area contributed by atoms with Gasteiger partial charge in [-0.25, -0.2) is 4.98 Å². The molecule has 2 aromatic heterocycles. The molecule has 0 bridgehead atoms. The summed E-state index contributed by atoms with van der Waals surface area (Å²) in [7, 11) is 0. The van der Waals surface area contributed by atoms with Crippen LogP contribution in [0, 0.1) is 13.8 Å². The third kappa shape index (κ3) is 1.95. The summed E-state index contributed by atoms with van der Waals surface area (Å²) in [6, 6.07) is 8.22. The monoisotopic (exact) mass is 256 g/mol. The molecule has 3 rings (SSSR count). The van der Waals surface area contributed by atoms with Gasteiger partial charge in [0.05, 0.1) is 11.9 Å². The molecule has 0 amide bonds. The number of rotatable bonds is 2. The highest BCUT2D eigenvalue weighted by atomic mass is 32.1. The van der Waals surface area contributed by atoms with Gasteiger partial charge in [0, 0.05) is 17.0 Å². The van der Waals surface area contributed by atoms with Crippen LogP contribution in [-0.2, 0) is 0 Å². The summed E-state index contributed by atoms with van der Waals surface area (Å²) in [6.45, 7) is 4.20. The van der Waals surface area contributed by atoms with Gasteiger partial charge in [0.15, 0.2) is 10.8 Å². The summed E-state index contributed by atoms with van der Waals surface area (Å²) in [6.07, 6.45) is 1.63. The van der Waals surface area contributed by atoms with Gasteiger partial charge in [-0.3, -0.25) is 0 Å². The summed E-state index contributed by atoms with van der Waals surface area (Å²) >= 11 is 1.57. The van der Waals surface area contributed by atoms with Gasteiger partial charge in [-0.1, -0.05) is 28.9 Å². The van der Waals surface area contributed by atoms with Gasteiger partial charge in [-0.15, -0.1) is 11.3 Å². The molecule has 0 N–H and O–H groups in total. The molecule has 3 nitrogen and oxygen atoms in total. The van der Waals surface area contributed by atoms with Gasteiger partial charge in [-0.05, 0) is 19.4 Å². The second-order valence-corrected chi connectivity index (χ2v) is 5.09. The zero-order valence-corrected chi connectivity index (χ0v) is 11.0. The van der Waals surface area contributed by atoms with Crippen molar-refractivity contribution in [3.8, 4) is 22.0 Å². The highest BCUT2D eigenvalue weighted by Crippen LogP contribution is 2.30. The van der Waals surface area contributed by atoms with Gasteiger partial charge < -0.3 is 4.52 Å². The van der Waals surface area contributed by atoms with E-state index < -0.39 is 0 Å². The Bertz CT molecular complexity index is 671. The largest absolute Gasteiger partial charge is 0.354 e. The molecule has 0 saturated carbocycles. The van der Waals surface area contributed by atoms with Crippen molar-refractivity contribution < 1.29 is 4.52 Å². The van der Waals surface area contributed by atoms with E-state index in [1.54, 1.807) is 17.5 Å². The Labute approximate surface area is 109 Å². The summed E-state index contributed by atoms with van der Waals surface area (Å²) in [5, 5.41) is 6.62. The lowest BCUT2D eigenvalue weighted by Crippen LogP contribution is -1.85. The molecule has 0 radical (unpaired) electrons. The first-order valence-electron chi connectivity index (χ1n) is 5.68. The zero-order chi connectivity index (χ0) is 12.5. The number of aromatic nitrogens is 2. The zero-order valence-electron chi connectivity index (χ0n) is 10.2. The first-order valence-corrected chi connectivity index (χ1v) is 6.56. The molecular weight excluding hydrogens is 244 g/mol. The van der Waals surface area contributed by atoms with E-state index in [0.29, 0.717) is 0 Å². The van der Waals surface area contributed by atoms with Crippen LogP contribution in [0.5, 0.6) is 0 Å². The second-order valence-electron chi connectivity index (χ2n) is 4.23. The van der Waals surface area contributed by atoms with Crippen LogP contribution in [0.2, 0.25) is 0 Å². The highest BCUT2D eigenvalue weighted by molar-refractivity contribution is 7.13. The topological polar surface area (TPSA) is 38.9 Å². The normalized spacial score (nSPS) is 10.8. The average Bonchev–Trinajstić information content (AvgIpc) is 2.99. The number of nitrogens with zero attached hydrogens (tertiary/aromatic N) is 2. The number of hydrogen-bond donors (Lipinski definition) is 0. The lowest BCUT2D eigenvalue weighted by molar-refractivity contribution is 0.432. The van der Waals surface area contributed by atoms with Crippen LogP contribution in [0.15, 0.2) is 40.4 Å². The van der Waals surface area contributed by atoms with Crippen LogP contribution in [0.3, 0.4) is 0 Å². The van der Waals surface area contributed by atoms with Gasteiger partial charge in [0.25, 0.3) is 0 Å². The van der Waals surface area contributed by atoms with Crippen LogP contribution in [0.25, 0.3) is 22.0 Å². The molecule has 3 aromatic rings. The maximum absolute atomic E-state index is 5.12. The van der Waals surface area contributed by atoms with Crippen molar-refractivity contribution in [2.24, 2.45) is 0 Å². The van der Waals surface area contributed by atoms with E-state index in [-0.39, 0.29) is 0 Å². The molecule has 0 atom stereocenters. The highest BCUT2D eigenvalue weighted by Gasteiger charge is 2.10. The molecule has 1 aromatic carbocycles. The summed E-state index contributed by atoms with van der Waals surface area (Å²) in [5.74, 6) is 0.719. The minimum atomic E-state index is 0.719. The predicted octanol–water partition coefficient (Wildman–Crippen LogP) is 4.08. The Kier molecular flexibility index (Phi) is 2.72. The molecule has 0 unspecified atom stereocenters. The fourth-order valence-corrected chi connectivity index (χ4v) is 2.71. The molecule has 2 heterocycles. The molecule has 18 heavy (non-hydrogen) atoms. The van der Waals surface area contributed by atoms with Crippen molar-refractivity contribution in [2.45, 2.75) is 13.8 Å². The maximum atomic E-state index is 5.12. The standard InChI is InChI=1S/C14H12N2OS/c1-9-3-4-11(10(2)7-9)12-8-18-14(16-12)13-5-6-15-17-13/h3-8H,1-2H3. The molecular formula is C14H12N2OS. The number of thiazole rings is 1. The van der Waals surface area contributed by atoms with Gasteiger partial charge in [-0.2, -0.15) is 0 Å². The first-order chi connectivity index (χ1) is 8.74. The Morgan fingerprint density at radius 3 is 2.78 bits per heavy atom. The first kappa shape index (κ1) is 11.2. The Balaban J connectivity index is 2.03. The smallest absolute Gasteiger partial charge is 0.195 e. The van der Waals surface area contributed by atoms with Gasteiger partial charge >= 0.3 is 0 Å². The van der Waals surface area contributed by atoms with Crippen LogP contribution in [0.4, 0.5) is 0 Å². The lowest BCUT2D eigenvalue weighted by Gasteiger charge is -2.03. The fraction of sp³-hybridized carbons (Fsp3) is 0.143. The van der Waals surface area contributed by atoms with E-state index >= 15 is 0 Å². The number of benzene rings is 1.